The predicted molar refractivity (Wildman–Crippen MR) is 116 cm³/mol. The number of carboxylic acid groups (broad SMARTS) is 1. The molecule has 4 rings (SSSR count). The van der Waals surface area contributed by atoms with Gasteiger partial charge in [-0.05, 0) is 45.1 Å². The second-order valence-electron chi connectivity index (χ2n) is 8.06. The molecule has 1 saturated carbocycles. The van der Waals surface area contributed by atoms with Gasteiger partial charge in [0.15, 0.2) is 0 Å². The smallest absolute Gasteiger partial charge is 0.347 e. The molecule has 0 amide bonds. The molecule has 1 N–H and O–H groups in total. The van der Waals surface area contributed by atoms with Crippen molar-refractivity contribution < 1.29 is 14.7 Å². The van der Waals surface area contributed by atoms with Crippen LogP contribution in [0, 0.1) is 13.8 Å². The predicted octanol–water partition coefficient (Wildman–Crippen LogP) is 3.95. The van der Waals surface area contributed by atoms with E-state index in [4.69, 9.17) is 4.84 Å². The van der Waals surface area contributed by atoms with E-state index in [1.807, 2.05) is 19.3 Å². The number of hydrogen-bond donors (Lipinski definition) is 1. The summed E-state index contributed by atoms with van der Waals surface area (Å²) in [5.41, 5.74) is 2.78. The maximum absolute atomic E-state index is 11.2. The highest BCUT2D eigenvalue weighted by molar-refractivity contribution is 7.13. The molecule has 9 heteroatoms. The van der Waals surface area contributed by atoms with Crippen molar-refractivity contribution in [3.63, 3.8) is 0 Å². The molecule has 1 saturated heterocycles. The largest absolute Gasteiger partial charge is 0.477 e. The summed E-state index contributed by atoms with van der Waals surface area (Å²) >= 11 is 1.31. The van der Waals surface area contributed by atoms with Crippen LogP contribution < -0.4 is 4.90 Å². The minimum absolute atomic E-state index is 0.136. The Hall–Kier alpha value is -2.55. The first-order valence-electron chi connectivity index (χ1n) is 10.5. The molecule has 0 bridgehead atoms. The Morgan fingerprint density at radius 2 is 1.83 bits per heavy atom. The van der Waals surface area contributed by atoms with Crippen LogP contribution in [0.1, 0.15) is 70.4 Å². The highest BCUT2D eigenvalue weighted by Gasteiger charge is 2.26. The lowest BCUT2D eigenvalue weighted by molar-refractivity contribution is 0.0406. The van der Waals surface area contributed by atoms with Crippen LogP contribution in [0.25, 0.3) is 0 Å². The van der Waals surface area contributed by atoms with E-state index in [9.17, 15) is 9.90 Å². The summed E-state index contributed by atoms with van der Waals surface area (Å²) in [7, 11) is 0. The van der Waals surface area contributed by atoms with Crippen molar-refractivity contribution in [1.82, 2.24) is 15.0 Å². The zero-order chi connectivity index (χ0) is 21.1. The molecule has 0 spiro atoms. The van der Waals surface area contributed by atoms with E-state index < -0.39 is 5.97 Å². The molecule has 0 atom stereocenters. The molecule has 2 aromatic rings. The van der Waals surface area contributed by atoms with Gasteiger partial charge < -0.3 is 14.8 Å². The molecule has 1 aliphatic carbocycles. The Morgan fingerprint density at radius 1 is 1.17 bits per heavy atom. The normalized spacial score (nSPS) is 20.3. The van der Waals surface area contributed by atoms with Crippen molar-refractivity contribution in [2.24, 2.45) is 5.16 Å². The van der Waals surface area contributed by atoms with Gasteiger partial charge in [0.25, 0.3) is 0 Å². The highest BCUT2D eigenvalue weighted by atomic mass is 32.1. The number of aryl methyl sites for hydroxylation is 2. The van der Waals surface area contributed by atoms with E-state index in [-0.39, 0.29) is 6.10 Å². The van der Waals surface area contributed by atoms with E-state index in [0.29, 0.717) is 16.5 Å². The van der Waals surface area contributed by atoms with Gasteiger partial charge in [0.05, 0.1) is 16.4 Å². The summed E-state index contributed by atoms with van der Waals surface area (Å²) in [6.45, 7) is 5.50. The summed E-state index contributed by atoms with van der Waals surface area (Å²) in [5, 5.41) is 14.6. The van der Waals surface area contributed by atoms with Gasteiger partial charge in [0.2, 0.25) is 5.95 Å². The Labute approximate surface area is 180 Å². The number of rotatable bonds is 5. The number of thiazole rings is 1. The maximum atomic E-state index is 11.2. The fourth-order valence-corrected chi connectivity index (χ4v) is 5.01. The topological polar surface area (TPSA) is 101 Å². The Morgan fingerprint density at radius 3 is 2.43 bits per heavy atom. The third-order valence-electron chi connectivity index (χ3n) is 5.74. The number of nitrogens with zero attached hydrogens (tertiary/aromatic N) is 5. The molecule has 2 aromatic heterocycles. The standard InChI is InChI=1S/C21H27N5O3S/c1-13-11-22-21(23-12-13)26-9-7-17(8-10-26)29-25-16-5-3-15(4-6-16)19-24-14(2)18(30-19)20(27)28/h11-12,15,17H,3-10H2,1-2H3,(H,27,28). The number of piperidine rings is 1. The van der Waals surface area contributed by atoms with Crippen molar-refractivity contribution in [3.05, 3.63) is 33.5 Å². The molecule has 8 nitrogen and oxygen atoms in total. The van der Waals surface area contributed by atoms with Crippen LogP contribution in [0.2, 0.25) is 0 Å². The molecule has 0 unspecified atom stereocenters. The zero-order valence-electron chi connectivity index (χ0n) is 17.4. The molecular weight excluding hydrogens is 402 g/mol. The van der Waals surface area contributed by atoms with Gasteiger partial charge in [-0.1, -0.05) is 5.16 Å². The van der Waals surface area contributed by atoms with Gasteiger partial charge in [-0.25, -0.2) is 19.7 Å². The van der Waals surface area contributed by atoms with Crippen molar-refractivity contribution in [2.75, 3.05) is 18.0 Å². The van der Waals surface area contributed by atoms with Crippen LogP contribution in [0.15, 0.2) is 17.5 Å². The van der Waals surface area contributed by atoms with E-state index in [1.54, 1.807) is 6.92 Å². The molecule has 2 aliphatic rings. The SMILES string of the molecule is Cc1cnc(N2CCC(ON=C3CCC(c4nc(C)c(C(=O)O)s4)CC3)CC2)nc1. The second kappa shape index (κ2) is 9.07. The number of oxime groups is 1. The average molecular weight is 430 g/mol. The first-order chi connectivity index (χ1) is 14.5. The third kappa shape index (κ3) is 4.77. The highest BCUT2D eigenvalue weighted by Crippen LogP contribution is 2.35. The Balaban J connectivity index is 1.24. The monoisotopic (exact) mass is 429 g/mol. The number of carbonyl (C=O) groups is 1. The minimum Gasteiger partial charge on any atom is -0.477 e. The lowest BCUT2D eigenvalue weighted by Crippen LogP contribution is -2.37. The lowest BCUT2D eigenvalue weighted by Gasteiger charge is -2.31. The van der Waals surface area contributed by atoms with Gasteiger partial charge in [-0.2, -0.15) is 0 Å². The van der Waals surface area contributed by atoms with Gasteiger partial charge >= 0.3 is 5.97 Å². The number of aromatic carboxylic acids is 1. The molecule has 1 aliphatic heterocycles. The fourth-order valence-electron chi connectivity index (χ4n) is 3.94. The van der Waals surface area contributed by atoms with Crippen LogP contribution >= 0.6 is 11.3 Å². The second-order valence-corrected chi connectivity index (χ2v) is 9.09. The number of aromatic nitrogens is 3. The van der Waals surface area contributed by atoms with Crippen molar-refractivity contribution in [2.45, 2.75) is 64.4 Å². The van der Waals surface area contributed by atoms with Crippen LogP contribution in [0.4, 0.5) is 5.95 Å². The molecule has 3 heterocycles. The average Bonchev–Trinajstić information content (AvgIpc) is 3.16. The van der Waals surface area contributed by atoms with Gasteiger partial charge in [-0.15, -0.1) is 11.3 Å². The molecule has 160 valence electrons. The summed E-state index contributed by atoms with van der Waals surface area (Å²) in [6, 6.07) is 0. The Bertz CT molecular complexity index is 909. The van der Waals surface area contributed by atoms with E-state index in [2.05, 4.69) is 25.0 Å². The van der Waals surface area contributed by atoms with Crippen LogP contribution in [0.3, 0.4) is 0 Å². The van der Waals surface area contributed by atoms with Crippen LogP contribution in [-0.4, -0.2) is 50.9 Å². The molecule has 30 heavy (non-hydrogen) atoms. The van der Waals surface area contributed by atoms with Gasteiger partial charge in [0.1, 0.15) is 11.0 Å². The summed E-state index contributed by atoms with van der Waals surface area (Å²) in [6.07, 6.45) is 9.29. The maximum Gasteiger partial charge on any atom is 0.347 e. The van der Waals surface area contributed by atoms with Crippen molar-refractivity contribution in [3.8, 4) is 0 Å². The van der Waals surface area contributed by atoms with Gasteiger partial charge in [0, 0.05) is 44.2 Å². The number of carboxylic acids is 1. The first-order valence-corrected chi connectivity index (χ1v) is 11.3. The van der Waals surface area contributed by atoms with Crippen LogP contribution in [-0.2, 0) is 4.84 Å². The quantitative estimate of drug-likeness (QED) is 0.718. The molecule has 2 fully saturated rings. The summed E-state index contributed by atoms with van der Waals surface area (Å²) in [5.74, 6) is 0.216. The third-order valence-corrected chi connectivity index (χ3v) is 7.05. The van der Waals surface area contributed by atoms with Crippen molar-refractivity contribution in [1.29, 1.82) is 0 Å². The first kappa shape index (κ1) is 20.7. The summed E-state index contributed by atoms with van der Waals surface area (Å²) < 4.78 is 0. The molecule has 0 aromatic carbocycles. The molecule has 0 radical (unpaired) electrons. The number of anilines is 1. The number of hydrogen-bond acceptors (Lipinski definition) is 8. The van der Waals surface area contributed by atoms with E-state index in [1.165, 1.54) is 11.3 Å². The minimum atomic E-state index is -0.886. The van der Waals surface area contributed by atoms with E-state index >= 15 is 0 Å². The van der Waals surface area contributed by atoms with Gasteiger partial charge in [-0.3, -0.25) is 0 Å². The Kier molecular flexibility index (Phi) is 6.26. The van der Waals surface area contributed by atoms with Crippen molar-refractivity contribution >= 4 is 29.0 Å². The zero-order valence-corrected chi connectivity index (χ0v) is 18.2. The molecular formula is C21H27N5O3S. The summed E-state index contributed by atoms with van der Waals surface area (Å²) in [4.78, 5) is 32.9. The van der Waals surface area contributed by atoms with Crippen LogP contribution in [0.5, 0.6) is 0 Å². The van der Waals surface area contributed by atoms with E-state index in [0.717, 1.165) is 73.8 Å². The lowest BCUT2D eigenvalue weighted by atomic mass is 9.88. The fraction of sp³-hybridized carbons (Fsp3) is 0.571.